The molecule has 5 atom stereocenters. The number of nitriles is 1. The standard InChI is InChI=1S/C15H15NO6/c1-7(2)13(18)20-5-10(17)21-11-8-3-9-12(11)22-14(19)15(9,4-8)6-16/h8-9,11-12H,1,3-5H2,2H3/t8-,9?,11?,12?,15?/m1/s1. The second kappa shape index (κ2) is 4.83. The summed E-state index contributed by atoms with van der Waals surface area (Å²) in [5.41, 5.74) is -0.874. The van der Waals surface area contributed by atoms with Crippen molar-refractivity contribution in [1.29, 1.82) is 5.26 Å². The monoisotopic (exact) mass is 305 g/mol. The van der Waals surface area contributed by atoms with Crippen LogP contribution in [0.25, 0.3) is 0 Å². The molecule has 22 heavy (non-hydrogen) atoms. The summed E-state index contributed by atoms with van der Waals surface area (Å²) < 4.78 is 15.3. The predicted molar refractivity (Wildman–Crippen MR) is 69.8 cm³/mol. The minimum atomic E-state index is -1.06. The Morgan fingerprint density at radius 2 is 2.27 bits per heavy atom. The molecule has 3 rings (SSSR count). The maximum Gasteiger partial charge on any atom is 0.344 e. The van der Waals surface area contributed by atoms with Crippen molar-refractivity contribution >= 4 is 17.9 Å². The molecule has 2 aliphatic carbocycles. The van der Waals surface area contributed by atoms with Crippen molar-refractivity contribution in [3.05, 3.63) is 12.2 Å². The zero-order valence-electron chi connectivity index (χ0n) is 12.0. The van der Waals surface area contributed by atoms with E-state index in [1.54, 1.807) is 0 Å². The molecule has 0 aromatic heterocycles. The van der Waals surface area contributed by atoms with Gasteiger partial charge in [-0.2, -0.15) is 5.26 Å². The van der Waals surface area contributed by atoms with Crippen LogP contribution in [0.3, 0.4) is 0 Å². The third kappa shape index (κ3) is 1.90. The van der Waals surface area contributed by atoms with Gasteiger partial charge in [0.05, 0.1) is 6.07 Å². The molecule has 1 aliphatic heterocycles. The molecule has 7 nitrogen and oxygen atoms in total. The molecule has 0 amide bonds. The fraction of sp³-hybridized carbons (Fsp3) is 0.600. The van der Waals surface area contributed by atoms with Crippen LogP contribution >= 0.6 is 0 Å². The summed E-state index contributed by atoms with van der Waals surface area (Å²) >= 11 is 0. The van der Waals surface area contributed by atoms with Crippen molar-refractivity contribution in [3.63, 3.8) is 0 Å². The van der Waals surface area contributed by atoms with Gasteiger partial charge in [0, 0.05) is 17.4 Å². The van der Waals surface area contributed by atoms with Crippen molar-refractivity contribution in [2.24, 2.45) is 17.3 Å². The molecule has 0 radical (unpaired) electrons. The molecule has 1 saturated heterocycles. The maximum absolute atomic E-state index is 11.9. The van der Waals surface area contributed by atoms with Crippen LogP contribution in [0.5, 0.6) is 0 Å². The first-order valence-corrected chi connectivity index (χ1v) is 7.03. The highest BCUT2D eigenvalue weighted by molar-refractivity contribution is 5.88. The Labute approximate surface area is 126 Å². The van der Waals surface area contributed by atoms with Gasteiger partial charge in [0.2, 0.25) is 0 Å². The van der Waals surface area contributed by atoms with Crippen molar-refractivity contribution in [1.82, 2.24) is 0 Å². The first-order valence-electron chi connectivity index (χ1n) is 7.03. The first kappa shape index (κ1) is 14.6. The van der Waals surface area contributed by atoms with Crippen LogP contribution in [0.15, 0.2) is 12.2 Å². The van der Waals surface area contributed by atoms with E-state index >= 15 is 0 Å². The number of rotatable bonds is 4. The van der Waals surface area contributed by atoms with Crippen LogP contribution in [0.4, 0.5) is 0 Å². The summed E-state index contributed by atoms with van der Waals surface area (Å²) in [6.45, 7) is 4.37. The van der Waals surface area contributed by atoms with Gasteiger partial charge >= 0.3 is 17.9 Å². The lowest BCUT2D eigenvalue weighted by atomic mass is 9.75. The number of hydrogen-bond acceptors (Lipinski definition) is 7. The lowest BCUT2D eigenvalue weighted by Crippen LogP contribution is -2.40. The molecular formula is C15H15NO6. The number of hydrogen-bond donors (Lipinski definition) is 0. The smallest absolute Gasteiger partial charge is 0.344 e. The quantitative estimate of drug-likeness (QED) is 0.423. The minimum Gasteiger partial charge on any atom is -0.457 e. The summed E-state index contributed by atoms with van der Waals surface area (Å²) in [6, 6.07) is 2.08. The van der Waals surface area contributed by atoms with Crippen LogP contribution in [-0.4, -0.2) is 36.7 Å². The molecule has 0 spiro atoms. The second-order valence-corrected chi connectivity index (χ2v) is 6.07. The minimum absolute atomic E-state index is 0.0677. The van der Waals surface area contributed by atoms with Crippen LogP contribution < -0.4 is 0 Å². The molecule has 2 saturated carbocycles. The zero-order chi connectivity index (χ0) is 16.1. The van der Waals surface area contributed by atoms with E-state index in [1.165, 1.54) is 6.92 Å². The van der Waals surface area contributed by atoms with Crippen LogP contribution in [0.1, 0.15) is 19.8 Å². The number of fused-ring (bicyclic) bond motifs is 1. The summed E-state index contributed by atoms with van der Waals surface area (Å²) in [7, 11) is 0. The zero-order valence-corrected chi connectivity index (χ0v) is 12.0. The Kier molecular flexibility index (Phi) is 3.20. The highest BCUT2D eigenvalue weighted by atomic mass is 16.6. The summed E-state index contributed by atoms with van der Waals surface area (Å²) in [4.78, 5) is 34.9. The fourth-order valence-corrected chi connectivity index (χ4v) is 3.72. The van der Waals surface area contributed by atoms with E-state index in [-0.39, 0.29) is 17.4 Å². The van der Waals surface area contributed by atoms with Gasteiger partial charge in [-0.3, -0.25) is 4.79 Å². The van der Waals surface area contributed by atoms with E-state index in [1.807, 2.05) is 0 Å². The summed E-state index contributed by atoms with van der Waals surface area (Å²) in [5.74, 6) is -2.16. The Morgan fingerprint density at radius 1 is 1.55 bits per heavy atom. The predicted octanol–water partition coefficient (Wildman–Crippen LogP) is 0.493. The van der Waals surface area contributed by atoms with Crippen molar-refractivity contribution in [2.75, 3.05) is 6.61 Å². The van der Waals surface area contributed by atoms with E-state index < -0.39 is 42.1 Å². The molecule has 0 aromatic rings. The van der Waals surface area contributed by atoms with Crippen LogP contribution in [0, 0.1) is 28.6 Å². The van der Waals surface area contributed by atoms with E-state index in [4.69, 9.17) is 14.2 Å². The molecule has 4 unspecified atom stereocenters. The number of ether oxygens (including phenoxy) is 3. The van der Waals surface area contributed by atoms with Gasteiger partial charge in [0.1, 0.15) is 12.2 Å². The third-order valence-corrected chi connectivity index (χ3v) is 4.70. The van der Waals surface area contributed by atoms with Gasteiger partial charge in [-0.1, -0.05) is 6.58 Å². The number of carbonyl (C=O) groups excluding carboxylic acids is 3. The lowest BCUT2D eigenvalue weighted by molar-refractivity contribution is -0.168. The maximum atomic E-state index is 11.9. The average molecular weight is 305 g/mol. The highest BCUT2D eigenvalue weighted by Gasteiger charge is 2.72. The van der Waals surface area contributed by atoms with Crippen LogP contribution in [-0.2, 0) is 28.6 Å². The molecular weight excluding hydrogens is 290 g/mol. The molecule has 3 aliphatic rings. The van der Waals surface area contributed by atoms with Crippen molar-refractivity contribution < 1.29 is 28.6 Å². The van der Waals surface area contributed by atoms with Crippen molar-refractivity contribution in [3.8, 4) is 6.07 Å². The van der Waals surface area contributed by atoms with Gasteiger partial charge in [-0.05, 0) is 19.8 Å². The molecule has 7 heteroatoms. The van der Waals surface area contributed by atoms with E-state index in [0.29, 0.717) is 12.8 Å². The van der Waals surface area contributed by atoms with Gasteiger partial charge in [-0.25, -0.2) is 9.59 Å². The number of nitrogens with zero attached hydrogens (tertiary/aromatic N) is 1. The van der Waals surface area contributed by atoms with Gasteiger partial charge in [0.15, 0.2) is 12.0 Å². The van der Waals surface area contributed by atoms with Gasteiger partial charge in [-0.15, -0.1) is 0 Å². The molecule has 0 N–H and O–H groups in total. The highest BCUT2D eigenvalue weighted by Crippen LogP contribution is 2.62. The van der Waals surface area contributed by atoms with Gasteiger partial charge < -0.3 is 14.2 Å². The van der Waals surface area contributed by atoms with E-state index in [2.05, 4.69) is 12.6 Å². The number of carbonyl (C=O) groups is 3. The Morgan fingerprint density at radius 3 is 2.91 bits per heavy atom. The summed E-state index contributed by atoms with van der Waals surface area (Å²) in [6.07, 6.45) is -0.138. The van der Waals surface area contributed by atoms with Gasteiger partial charge in [0.25, 0.3) is 0 Å². The molecule has 2 bridgehead atoms. The Bertz CT molecular complexity index is 620. The molecule has 3 fully saturated rings. The van der Waals surface area contributed by atoms with E-state index in [9.17, 15) is 19.6 Å². The SMILES string of the molecule is C=C(C)C(=O)OCC(=O)OC1C2OC(=O)C3(C#N)C[C@H]1CC23. The lowest BCUT2D eigenvalue weighted by Gasteiger charge is -2.27. The Balaban J connectivity index is 1.61. The number of esters is 3. The van der Waals surface area contributed by atoms with E-state index in [0.717, 1.165) is 0 Å². The molecule has 1 heterocycles. The molecule has 116 valence electrons. The van der Waals surface area contributed by atoms with Crippen molar-refractivity contribution in [2.45, 2.75) is 32.0 Å². The van der Waals surface area contributed by atoms with Crippen LogP contribution in [0.2, 0.25) is 0 Å². The fourth-order valence-electron chi connectivity index (χ4n) is 3.72. The third-order valence-electron chi connectivity index (χ3n) is 4.70. The first-order chi connectivity index (χ1) is 10.4. The normalized spacial score (nSPS) is 37.4. The second-order valence-electron chi connectivity index (χ2n) is 6.07. The summed E-state index contributed by atoms with van der Waals surface area (Å²) in [5, 5.41) is 9.28. The topological polar surface area (TPSA) is 103 Å². The molecule has 0 aromatic carbocycles. The largest absolute Gasteiger partial charge is 0.457 e. The Hall–Kier alpha value is -2.36. The average Bonchev–Trinajstić information content (AvgIpc) is 3.06.